The second-order valence-corrected chi connectivity index (χ2v) is 12.7. The van der Waals surface area contributed by atoms with Gasteiger partial charge in [0, 0.05) is 0 Å². The monoisotopic (exact) mass is 612 g/mol. The fourth-order valence-electron chi connectivity index (χ4n) is 4.68. The number of hydrogen-bond acceptors (Lipinski definition) is 4. The molecule has 8 nitrogen and oxygen atoms in total. The fraction of sp³-hybridized carbons (Fsp3) is 0.818. The van der Waals surface area contributed by atoms with Crippen molar-refractivity contribution in [2.45, 2.75) is 156 Å². The Morgan fingerprint density at radius 1 is 0.571 bits per heavy atom. The molecule has 0 amide bonds. The summed E-state index contributed by atoms with van der Waals surface area (Å²) in [6.45, 7) is 8.62. The number of rotatable bonds is 23. The van der Waals surface area contributed by atoms with Crippen LogP contribution in [-0.4, -0.2) is 15.7 Å². The van der Waals surface area contributed by atoms with Gasteiger partial charge in [-0.3, -0.25) is 0 Å². The van der Waals surface area contributed by atoms with Gasteiger partial charge in [0.05, 0.1) is 41.6 Å². The lowest BCUT2D eigenvalue weighted by atomic mass is 10.1. The Hall–Kier alpha value is -1.47. The Labute approximate surface area is 258 Å². The number of aromatic nitrogens is 4. The molecule has 0 unspecified atom stereocenters. The average molecular weight is 613 g/mol. The van der Waals surface area contributed by atoms with Gasteiger partial charge in [-0.2, -0.15) is 0 Å². The first-order valence-electron chi connectivity index (χ1n) is 16.9. The maximum atomic E-state index is 9.64. The molecule has 0 N–H and O–H groups in total. The van der Waals surface area contributed by atoms with E-state index < -0.39 is 7.82 Å². The number of phosphoric ester groups is 1. The summed E-state index contributed by atoms with van der Waals surface area (Å²) in [6.07, 6.45) is 38.7. The first-order valence-corrected chi connectivity index (χ1v) is 18.4. The van der Waals surface area contributed by atoms with Crippen LogP contribution < -0.4 is 18.9 Å². The van der Waals surface area contributed by atoms with Crippen LogP contribution in [0, 0.1) is 0 Å². The van der Waals surface area contributed by atoms with E-state index in [1.807, 2.05) is 0 Å². The number of unbranched alkanes of at least 4 members (excludes halogenated alkanes) is 16. The van der Waals surface area contributed by atoms with E-state index in [4.69, 9.17) is 0 Å². The molecule has 0 aliphatic heterocycles. The molecule has 0 aromatic carbocycles. The number of nitrogens with zero attached hydrogens (tertiary/aromatic N) is 4. The van der Waals surface area contributed by atoms with E-state index >= 15 is 0 Å². The molecular weight excluding hydrogens is 547 g/mol. The summed E-state index contributed by atoms with van der Waals surface area (Å²) in [5.74, 6) is 0. The van der Waals surface area contributed by atoms with Crippen molar-refractivity contribution in [3.63, 3.8) is 0 Å². The van der Waals surface area contributed by atoms with Crippen LogP contribution in [0.1, 0.15) is 143 Å². The third kappa shape index (κ3) is 28.6. The topological polar surface area (TPSA) is 90.0 Å². The van der Waals surface area contributed by atoms with Crippen LogP contribution in [0.2, 0.25) is 0 Å². The molecule has 246 valence electrons. The van der Waals surface area contributed by atoms with Gasteiger partial charge in [-0.25, -0.2) is 18.3 Å². The highest BCUT2D eigenvalue weighted by atomic mass is 31.2. The smallest absolute Gasteiger partial charge is 0.243 e. The minimum absolute atomic E-state index is 0.00965. The Balaban J connectivity index is 0.000000642. The second-order valence-electron chi connectivity index (χ2n) is 11.6. The first kappa shape index (κ1) is 40.5. The van der Waals surface area contributed by atoms with Crippen LogP contribution in [-0.2, 0) is 36.3 Å². The second kappa shape index (κ2) is 28.3. The van der Waals surface area contributed by atoms with Crippen LogP contribution >= 0.6 is 7.82 Å². The standard InChI is InChI=1S/2C15H29N2.C3H9O4P/c2*1-3-4-5-6-7-8-9-10-11-12-17-14-13-16(2)15-17;1-2-3-7-8(4,5)6/h2*13-15H,3-12H2,1-2H3;2-3H2,1H3,(H2,4,5,6)/q2*+1;/p-2. The summed E-state index contributed by atoms with van der Waals surface area (Å²) in [6, 6.07) is 0. The molecule has 0 fully saturated rings. The van der Waals surface area contributed by atoms with Crippen molar-refractivity contribution in [3.05, 3.63) is 37.4 Å². The van der Waals surface area contributed by atoms with Crippen LogP contribution in [0.4, 0.5) is 0 Å². The Kier molecular flexibility index (Phi) is 27.3. The van der Waals surface area contributed by atoms with E-state index in [1.165, 1.54) is 129 Å². The lowest BCUT2D eigenvalue weighted by molar-refractivity contribution is -0.671. The molecule has 2 heterocycles. The van der Waals surface area contributed by atoms with E-state index in [1.54, 1.807) is 6.92 Å². The van der Waals surface area contributed by atoms with Crippen LogP contribution in [0.3, 0.4) is 0 Å². The molecule has 0 saturated carbocycles. The molecule has 0 bridgehead atoms. The number of hydrogen-bond donors (Lipinski definition) is 0. The van der Waals surface area contributed by atoms with Crippen molar-refractivity contribution in [3.8, 4) is 0 Å². The van der Waals surface area contributed by atoms with Crippen LogP contribution in [0.5, 0.6) is 0 Å². The molecule has 0 saturated heterocycles. The summed E-state index contributed by atoms with van der Waals surface area (Å²) in [4.78, 5) is 19.3. The zero-order chi connectivity index (χ0) is 31.3. The molecule has 42 heavy (non-hydrogen) atoms. The molecular formula is C33H65N4O4P. The van der Waals surface area contributed by atoms with Gasteiger partial charge in [0.1, 0.15) is 24.8 Å². The zero-order valence-corrected chi connectivity index (χ0v) is 28.8. The van der Waals surface area contributed by atoms with E-state index in [2.05, 4.69) is 88.2 Å². The highest BCUT2D eigenvalue weighted by molar-refractivity contribution is 7.43. The van der Waals surface area contributed by atoms with Gasteiger partial charge in [-0.1, -0.05) is 111 Å². The molecule has 2 aromatic rings. The molecule has 9 heteroatoms. The van der Waals surface area contributed by atoms with Crippen molar-refractivity contribution in [1.29, 1.82) is 0 Å². The van der Waals surface area contributed by atoms with Gasteiger partial charge in [-0.05, 0) is 32.1 Å². The van der Waals surface area contributed by atoms with Gasteiger partial charge in [0.15, 0.2) is 0 Å². The third-order valence-corrected chi connectivity index (χ3v) is 7.64. The molecule has 0 aliphatic rings. The number of aryl methyl sites for hydroxylation is 4. The maximum Gasteiger partial charge on any atom is 0.243 e. The van der Waals surface area contributed by atoms with Gasteiger partial charge in [-0.15, -0.1) is 0 Å². The van der Waals surface area contributed by atoms with Crippen molar-refractivity contribution < 1.29 is 28.0 Å². The predicted octanol–water partition coefficient (Wildman–Crippen LogP) is 6.93. The Bertz CT molecular complexity index is 823. The molecule has 0 aliphatic carbocycles. The summed E-state index contributed by atoms with van der Waals surface area (Å²) in [5, 5.41) is 0. The molecule has 2 aromatic heterocycles. The maximum absolute atomic E-state index is 9.64. The van der Waals surface area contributed by atoms with Gasteiger partial charge in [0.2, 0.25) is 12.7 Å². The lowest BCUT2D eigenvalue weighted by Crippen LogP contribution is -2.23. The highest BCUT2D eigenvalue weighted by Crippen LogP contribution is 2.23. The largest absolute Gasteiger partial charge is 0.790 e. The summed E-state index contributed by atoms with van der Waals surface area (Å²) >= 11 is 0. The first-order chi connectivity index (χ1) is 20.2. The zero-order valence-electron chi connectivity index (χ0n) is 27.9. The van der Waals surface area contributed by atoms with Crippen molar-refractivity contribution in [2.24, 2.45) is 14.1 Å². The van der Waals surface area contributed by atoms with Gasteiger partial charge in [0.25, 0.3) is 0 Å². The minimum atomic E-state index is -4.68. The van der Waals surface area contributed by atoms with Crippen LogP contribution in [0.15, 0.2) is 37.4 Å². The van der Waals surface area contributed by atoms with Gasteiger partial charge < -0.3 is 18.9 Å². The van der Waals surface area contributed by atoms with Crippen LogP contribution in [0.25, 0.3) is 0 Å². The molecule has 0 atom stereocenters. The predicted molar refractivity (Wildman–Crippen MR) is 170 cm³/mol. The normalized spacial score (nSPS) is 11.1. The summed E-state index contributed by atoms with van der Waals surface area (Å²) in [7, 11) is -0.530. The summed E-state index contributed by atoms with van der Waals surface area (Å²) in [5.41, 5.74) is 0. The number of imidazole rings is 2. The molecule has 0 radical (unpaired) electrons. The van der Waals surface area contributed by atoms with Crippen molar-refractivity contribution in [1.82, 2.24) is 9.13 Å². The highest BCUT2D eigenvalue weighted by Gasteiger charge is 2.00. The van der Waals surface area contributed by atoms with Gasteiger partial charge >= 0.3 is 0 Å². The Morgan fingerprint density at radius 2 is 0.905 bits per heavy atom. The van der Waals surface area contributed by atoms with Crippen molar-refractivity contribution >= 4 is 7.82 Å². The third-order valence-electron chi connectivity index (χ3n) is 7.14. The van der Waals surface area contributed by atoms with Crippen molar-refractivity contribution in [2.75, 3.05) is 6.61 Å². The fourth-order valence-corrected chi connectivity index (χ4v) is 5.09. The van der Waals surface area contributed by atoms with E-state index in [0.29, 0.717) is 6.42 Å². The lowest BCUT2D eigenvalue weighted by Gasteiger charge is -2.28. The SMILES string of the molecule is CCCCCCCCCCCn1cc[n+](C)c1.CCCCCCCCCCCn1cc[n+](C)c1.CCCOP(=O)([O-])[O-]. The van der Waals surface area contributed by atoms with E-state index in [0.717, 1.165) is 0 Å². The summed E-state index contributed by atoms with van der Waals surface area (Å²) < 4.78 is 22.2. The van der Waals surface area contributed by atoms with E-state index in [9.17, 15) is 14.4 Å². The number of phosphoric acid groups is 1. The Morgan fingerprint density at radius 3 is 1.14 bits per heavy atom. The quantitative estimate of drug-likeness (QED) is 0.0773. The minimum Gasteiger partial charge on any atom is -0.790 e. The molecule has 2 rings (SSSR count). The average Bonchev–Trinajstić information content (AvgIpc) is 3.57. The van der Waals surface area contributed by atoms with E-state index in [-0.39, 0.29) is 6.61 Å². The molecule has 0 spiro atoms.